The Bertz CT molecular complexity index is 91.8. The van der Waals surface area contributed by atoms with Gasteiger partial charge < -0.3 is 0 Å². The quantitative estimate of drug-likeness (QED) is 0.702. The Kier molecular flexibility index (Phi) is 3.28. The second-order valence-electron chi connectivity index (χ2n) is 1.98. The van der Waals surface area contributed by atoms with E-state index in [0.29, 0.717) is 0 Å². The van der Waals surface area contributed by atoms with Crippen molar-refractivity contribution < 1.29 is 0 Å². The normalized spacial score (nSPS) is 10.1. The predicted octanol–water partition coefficient (Wildman–Crippen LogP) is 2.24. The molecule has 0 atom stereocenters. The molecule has 0 rings (SSSR count). The van der Waals surface area contributed by atoms with E-state index in [1.54, 1.807) is 0 Å². The van der Waals surface area contributed by atoms with Crippen molar-refractivity contribution in [1.29, 1.82) is 0 Å². The topological polar surface area (TPSA) is 0 Å². The van der Waals surface area contributed by atoms with Gasteiger partial charge in [-0.25, -0.2) is 0 Å². The maximum absolute atomic E-state index is 3.73. The van der Waals surface area contributed by atoms with Crippen LogP contribution >= 0.6 is 0 Å². The number of hydrogen-bond acceptors (Lipinski definition) is 0. The summed E-state index contributed by atoms with van der Waals surface area (Å²) in [5.74, 6) is 0. The van der Waals surface area contributed by atoms with E-state index in [4.69, 9.17) is 0 Å². The molecule has 0 N–H and O–H groups in total. The molecule has 0 fully saturated rings. The third-order valence-corrected chi connectivity index (χ3v) is 11.6. The Morgan fingerprint density at radius 3 is 1.25 bits per heavy atom. The summed E-state index contributed by atoms with van der Waals surface area (Å²) in [7, 11) is 0. The van der Waals surface area contributed by atoms with Gasteiger partial charge in [0.25, 0.3) is 0 Å². The van der Waals surface area contributed by atoms with Crippen molar-refractivity contribution in [1.82, 2.24) is 0 Å². The molecule has 0 heterocycles. The van der Waals surface area contributed by atoms with E-state index < -0.39 is 21.2 Å². The van der Waals surface area contributed by atoms with Gasteiger partial charge in [0.05, 0.1) is 0 Å². The van der Waals surface area contributed by atoms with Gasteiger partial charge in [-0.15, -0.1) is 0 Å². The molecule has 0 amide bonds. The molecule has 0 saturated heterocycles. The maximum atomic E-state index is 3.73. The third-order valence-electron chi connectivity index (χ3n) is 1.32. The van der Waals surface area contributed by atoms with Gasteiger partial charge in [-0.2, -0.15) is 0 Å². The molecule has 0 spiro atoms. The first-order valence-corrected chi connectivity index (χ1v) is 13.2. The summed E-state index contributed by atoms with van der Waals surface area (Å²) in [6.45, 7) is 11.2. The molecular weight excluding hydrogens is 291 g/mol. The standard InChI is InChI=1S/3C2H3.CH3.Pb/c3*1-2;;/h3*1H,2H2;1H3;. The van der Waals surface area contributed by atoms with E-state index in [-0.39, 0.29) is 0 Å². The average Bonchev–Trinajstić information content (AvgIpc) is 1.87. The van der Waals surface area contributed by atoms with Gasteiger partial charge in [0.1, 0.15) is 0 Å². The molecule has 0 saturated carbocycles. The van der Waals surface area contributed by atoms with Crippen molar-refractivity contribution in [3.8, 4) is 0 Å². The summed E-state index contributed by atoms with van der Waals surface area (Å²) >= 11 is -2.16. The van der Waals surface area contributed by atoms with Crippen LogP contribution in [0.1, 0.15) is 0 Å². The molecule has 8 heavy (non-hydrogen) atoms. The summed E-state index contributed by atoms with van der Waals surface area (Å²) in [6, 6.07) is 0. The van der Waals surface area contributed by atoms with Crippen molar-refractivity contribution in [2.75, 3.05) is 0 Å². The Morgan fingerprint density at radius 1 is 1.00 bits per heavy atom. The average molecular weight is 303 g/mol. The zero-order valence-electron chi connectivity index (χ0n) is 5.35. The summed E-state index contributed by atoms with van der Waals surface area (Å²) in [6.07, 6.45) is 0. The first-order chi connectivity index (χ1) is 3.68. The molecule has 0 aliphatic heterocycles. The number of hydrogen-bond donors (Lipinski definition) is 0. The molecule has 1 heteroatoms. The third kappa shape index (κ3) is 1.94. The first-order valence-electron chi connectivity index (χ1n) is 2.59. The number of rotatable bonds is 3. The summed E-state index contributed by atoms with van der Waals surface area (Å²) < 4.78 is 8.33. The minimum absolute atomic E-state index is 2.03. The van der Waals surface area contributed by atoms with Gasteiger partial charge in [-0.3, -0.25) is 0 Å². The monoisotopic (exact) mass is 304 g/mol. The van der Waals surface area contributed by atoms with Crippen LogP contribution in [0.25, 0.3) is 0 Å². The second-order valence-corrected chi connectivity index (χ2v) is 17.4. The zero-order valence-corrected chi connectivity index (χ0v) is 9.24. The fourth-order valence-corrected chi connectivity index (χ4v) is 2.19. The van der Waals surface area contributed by atoms with Crippen LogP contribution in [0.15, 0.2) is 30.6 Å². The van der Waals surface area contributed by atoms with Gasteiger partial charge in [-0.05, 0) is 0 Å². The Balaban J connectivity index is 4.18. The Morgan fingerprint density at radius 2 is 1.25 bits per heavy atom. The molecule has 0 nitrogen and oxygen atoms in total. The molecular formula is C7H12Pb. The summed E-state index contributed by atoms with van der Waals surface area (Å²) in [4.78, 5) is 0. The van der Waals surface area contributed by atoms with Crippen molar-refractivity contribution in [3.63, 3.8) is 0 Å². The van der Waals surface area contributed by atoms with E-state index >= 15 is 0 Å². The molecule has 0 aromatic heterocycles. The van der Waals surface area contributed by atoms with Gasteiger partial charge in [0, 0.05) is 0 Å². The fraction of sp³-hybridized carbons (Fsp3) is 0.143. The minimum atomic E-state index is -2.16. The second kappa shape index (κ2) is 3.22. The van der Waals surface area contributed by atoms with Crippen LogP contribution in [-0.4, -0.2) is 21.2 Å². The van der Waals surface area contributed by atoms with Gasteiger partial charge in [0.15, 0.2) is 0 Å². The van der Waals surface area contributed by atoms with Crippen molar-refractivity contribution in [3.05, 3.63) is 30.6 Å². The van der Waals surface area contributed by atoms with Crippen LogP contribution in [0.4, 0.5) is 0 Å². The van der Waals surface area contributed by atoms with Crippen LogP contribution in [0.3, 0.4) is 0 Å². The van der Waals surface area contributed by atoms with Gasteiger partial charge in [-0.1, -0.05) is 0 Å². The van der Waals surface area contributed by atoms with Crippen molar-refractivity contribution in [2.45, 2.75) is 4.48 Å². The van der Waals surface area contributed by atoms with Crippen LogP contribution in [0.2, 0.25) is 4.48 Å². The molecule has 0 aliphatic carbocycles. The van der Waals surface area contributed by atoms with Crippen molar-refractivity contribution in [2.24, 2.45) is 0 Å². The van der Waals surface area contributed by atoms with Gasteiger partial charge in [0.2, 0.25) is 0 Å². The van der Waals surface area contributed by atoms with E-state index in [0.717, 1.165) is 0 Å². The van der Waals surface area contributed by atoms with E-state index in [2.05, 4.69) is 24.2 Å². The Labute approximate surface area is 56.3 Å². The van der Waals surface area contributed by atoms with E-state index in [1.165, 1.54) is 0 Å². The molecule has 0 radical (unpaired) electrons. The zero-order chi connectivity index (χ0) is 6.62. The van der Waals surface area contributed by atoms with Crippen LogP contribution in [0.5, 0.6) is 0 Å². The molecule has 44 valence electrons. The van der Waals surface area contributed by atoms with Crippen LogP contribution in [-0.2, 0) is 0 Å². The predicted molar refractivity (Wildman–Crippen MR) is 42.2 cm³/mol. The van der Waals surface area contributed by atoms with Crippen LogP contribution in [0, 0.1) is 0 Å². The van der Waals surface area contributed by atoms with Gasteiger partial charge >= 0.3 is 56.3 Å². The van der Waals surface area contributed by atoms with Crippen molar-refractivity contribution >= 4 is 21.2 Å². The summed E-state index contributed by atoms with van der Waals surface area (Å²) in [5, 5.41) is 0. The molecule has 0 bridgehead atoms. The molecule has 0 aromatic carbocycles. The van der Waals surface area contributed by atoms with Crippen LogP contribution < -0.4 is 0 Å². The Hall–Kier alpha value is 0.142. The molecule has 0 unspecified atom stereocenters. The van der Waals surface area contributed by atoms with E-state index in [9.17, 15) is 0 Å². The van der Waals surface area contributed by atoms with E-state index in [1.807, 2.05) is 10.9 Å². The molecule has 0 aromatic rings. The first kappa shape index (κ1) is 8.14. The fourth-order valence-electron chi connectivity index (χ4n) is 0.250. The molecule has 0 aliphatic rings. The summed E-state index contributed by atoms with van der Waals surface area (Å²) in [5.41, 5.74) is 0. The SMILES string of the molecule is C=[CH][Pb]([CH3])([CH]=C)[CH]=C.